The van der Waals surface area contributed by atoms with Crippen LogP contribution in [0.2, 0.25) is 0 Å². The Morgan fingerprint density at radius 1 is 1.23 bits per heavy atom. The highest BCUT2D eigenvalue weighted by Gasteiger charge is 2.25. The van der Waals surface area contributed by atoms with E-state index < -0.39 is 12.0 Å². The molecule has 2 atom stereocenters. The van der Waals surface area contributed by atoms with Gasteiger partial charge in [0.05, 0.1) is 5.92 Å². The summed E-state index contributed by atoms with van der Waals surface area (Å²) in [5, 5.41) is 0. The van der Waals surface area contributed by atoms with E-state index in [0.717, 1.165) is 36.8 Å². The number of unbranched alkanes of at least 4 members (excludes halogenated alkanes) is 1. The fraction of sp³-hybridized carbons (Fsp3) is 0.375. The third-order valence-corrected chi connectivity index (χ3v) is 4.30. The second kappa shape index (κ2) is 11.8. The Hall–Kier alpha value is -2.71. The molecule has 0 saturated carbocycles. The number of terminal acetylenes is 2. The molecule has 1 aromatic rings. The molecule has 2 heteroatoms. The molecule has 0 aliphatic carbocycles. The molecule has 2 nitrogen and oxygen atoms in total. The Bertz CT molecular complexity index is 695. The molecule has 0 spiro atoms. The Labute approximate surface area is 158 Å². The summed E-state index contributed by atoms with van der Waals surface area (Å²) in [6.45, 7) is 7.80. The monoisotopic (exact) mass is 348 g/mol. The molecule has 26 heavy (non-hydrogen) atoms. The lowest BCUT2D eigenvalue weighted by molar-refractivity contribution is -0.147. The summed E-state index contributed by atoms with van der Waals surface area (Å²) in [7, 11) is 0. The van der Waals surface area contributed by atoms with Gasteiger partial charge in [0.2, 0.25) is 0 Å². The first kappa shape index (κ1) is 21.3. The zero-order valence-electron chi connectivity index (χ0n) is 15.8. The molecule has 0 fully saturated rings. The summed E-state index contributed by atoms with van der Waals surface area (Å²) >= 11 is 0. The van der Waals surface area contributed by atoms with E-state index in [2.05, 4.69) is 25.3 Å². The SMILES string of the molecule is C#CCC(C(=O)OC(C#C)C(=CCCC=C)CC)c1ccc(CC)cc1. The van der Waals surface area contributed by atoms with Gasteiger partial charge in [-0.3, -0.25) is 4.79 Å². The minimum atomic E-state index is -0.660. The molecule has 0 N–H and O–H groups in total. The maximum absolute atomic E-state index is 12.8. The van der Waals surface area contributed by atoms with Gasteiger partial charge in [-0.25, -0.2) is 0 Å². The highest BCUT2D eigenvalue weighted by atomic mass is 16.5. The van der Waals surface area contributed by atoms with E-state index >= 15 is 0 Å². The maximum Gasteiger partial charge on any atom is 0.315 e. The van der Waals surface area contributed by atoms with Crippen molar-refractivity contribution in [1.82, 2.24) is 0 Å². The van der Waals surface area contributed by atoms with Gasteiger partial charge in [-0.1, -0.05) is 56.2 Å². The van der Waals surface area contributed by atoms with Crippen molar-refractivity contribution in [2.75, 3.05) is 0 Å². The first-order chi connectivity index (χ1) is 12.6. The minimum Gasteiger partial charge on any atom is -0.444 e. The van der Waals surface area contributed by atoms with E-state index in [4.69, 9.17) is 17.6 Å². The highest BCUT2D eigenvalue weighted by molar-refractivity contribution is 5.79. The van der Waals surface area contributed by atoms with Crippen LogP contribution in [0.25, 0.3) is 0 Å². The van der Waals surface area contributed by atoms with Gasteiger partial charge in [-0.15, -0.1) is 25.3 Å². The van der Waals surface area contributed by atoms with E-state index in [1.54, 1.807) is 0 Å². The van der Waals surface area contributed by atoms with E-state index in [9.17, 15) is 4.79 Å². The quantitative estimate of drug-likeness (QED) is 0.251. The number of esters is 1. The molecular weight excluding hydrogens is 320 g/mol. The van der Waals surface area contributed by atoms with E-state index in [-0.39, 0.29) is 12.4 Å². The smallest absolute Gasteiger partial charge is 0.315 e. The minimum absolute atomic E-state index is 0.281. The molecule has 0 saturated heterocycles. The summed E-state index contributed by atoms with van der Waals surface area (Å²) in [6, 6.07) is 7.90. The van der Waals surface area contributed by atoms with E-state index in [0.29, 0.717) is 0 Å². The highest BCUT2D eigenvalue weighted by Crippen LogP contribution is 2.24. The van der Waals surface area contributed by atoms with Crippen LogP contribution in [-0.4, -0.2) is 12.1 Å². The van der Waals surface area contributed by atoms with Crippen molar-refractivity contribution in [2.45, 2.75) is 58.0 Å². The zero-order chi connectivity index (χ0) is 19.4. The fourth-order valence-electron chi connectivity index (χ4n) is 2.68. The summed E-state index contributed by atoms with van der Waals surface area (Å²) in [5.41, 5.74) is 3.00. The normalized spacial score (nSPS) is 13.2. The Morgan fingerprint density at radius 3 is 2.42 bits per heavy atom. The number of rotatable bonds is 10. The van der Waals surface area contributed by atoms with Crippen molar-refractivity contribution in [3.63, 3.8) is 0 Å². The molecular formula is C24H28O2. The molecule has 1 aromatic carbocycles. The zero-order valence-corrected chi connectivity index (χ0v) is 15.8. The standard InChI is InChI=1S/C24H28O2/c1-6-11-12-14-20(9-4)23(10-5)26-24(25)22(13-7-2)21-17-15-19(8-3)16-18-21/h2,5-6,14-18,22-23H,1,8-9,11-13H2,3-4H3. The molecule has 0 radical (unpaired) electrons. The van der Waals surface area contributed by atoms with Crippen LogP contribution in [0.1, 0.15) is 56.6 Å². The third-order valence-electron chi connectivity index (χ3n) is 4.30. The largest absolute Gasteiger partial charge is 0.444 e. The molecule has 2 unspecified atom stereocenters. The lowest BCUT2D eigenvalue weighted by Crippen LogP contribution is -2.24. The lowest BCUT2D eigenvalue weighted by Gasteiger charge is -2.20. The number of carbonyl (C=O) groups excluding carboxylic acids is 1. The van der Waals surface area contributed by atoms with E-state index in [1.807, 2.05) is 43.3 Å². The maximum atomic E-state index is 12.8. The van der Waals surface area contributed by atoms with Gasteiger partial charge < -0.3 is 4.74 Å². The van der Waals surface area contributed by atoms with Crippen LogP contribution >= 0.6 is 0 Å². The number of hydrogen-bond donors (Lipinski definition) is 0. The topological polar surface area (TPSA) is 26.3 Å². The average Bonchev–Trinajstić information content (AvgIpc) is 2.68. The van der Waals surface area contributed by atoms with Crippen LogP contribution in [0.3, 0.4) is 0 Å². The summed E-state index contributed by atoms with van der Waals surface area (Å²) in [4.78, 5) is 12.8. The molecule has 136 valence electrons. The van der Waals surface area contributed by atoms with Crippen molar-refractivity contribution in [3.8, 4) is 24.7 Å². The van der Waals surface area contributed by atoms with Crippen molar-refractivity contribution in [1.29, 1.82) is 0 Å². The van der Waals surface area contributed by atoms with Crippen LogP contribution in [0.4, 0.5) is 0 Å². The number of carbonyl (C=O) groups is 1. The third kappa shape index (κ3) is 6.30. The second-order valence-corrected chi connectivity index (χ2v) is 6.04. The summed E-state index contributed by atoms with van der Waals surface area (Å²) in [6.07, 6.45) is 18.0. The van der Waals surface area contributed by atoms with Gasteiger partial charge >= 0.3 is 5.97 Å². The molecule has 1 rings (SSSR count). The van der Waals surface area contributed by atoms with Crippen molar-refractivity contribution >= 4 is 5.97 Å². The summed E-state index contributed by atoms with van der Waals surface area (Å²) in [5.74, 6) is 4.28. The predicted octanol–water partition coefficient (Wildman–Crippen LogP) is 5.20. The molecule has 0 amide bonds. The molecule has 0 bridgehead atoms. The molecule has 0 aliphatic rings. The van der Waals surface area contributed by atoms with Crippen LogP contribution < -0.4 is 0 Å². The first-order valence-electron chi connectivity index (χ1n) is 9.09. The number of hydrogen-bond acceptors (Lipinski definition) is 2. The number of aryl methyl sites for hydroxylation is 1. The van der Waals surface area contributed by atoms with Crippen molar-refractivity contribution < 1.29 is 9.53 Å². The Kier molecular flexibility index (Phi) is 9.66. The molecule has 0 aliphatic heterocycles. The van der Waals surface area contributed by atoms with Gasteiger partial charge in [0, 0.05) is 6.42 Å². The predicted molar refractivity (Wildman–Crippen MR) is 109 cm³/mol. The number of benzene rings is 1. The van der Waals surface area contributed by atoms with Crippen LogP contribution in [0.15, 0.2) is 48.6 Å². The molecule has 0 heterocycles. The van der Waals surface area contributed by atoms with Crippen molar-refractivity contribution in [2.24, 2.45) is 0 Å². The van der Waals surface area contributed by atoms with Crippen LogP contribution in [0.5, 0.6) is 0 Å². The van der Waals surface area contributed by atoms with Gasteiger partial charge in [-0.2, -0.15) is 0 Å². The number of ether oxygens (including phenoxy) is 1. The summed E-state index contributed by atoms with van der Waals surface area (Å²) < 4.78 is 5.64. The van der Waals surface area contributed by atoms with Gasteiger partial charge in [0.1, 0.15) is 0 Å². The Balaban J connectivity index is 2.96. The van der Waals surface area contributed by atoms with E-state index in [1.165, 1.54) is 5.56 Å². The molecule has 0 aromatic heterocycles. The van der Waals surface area contributed by atoms with Crippen LogP contribution in [0, 0.1) is 24.7 Å². The fourth-order valence-corrected chi connectivity index (χ4v) is 2.68. The van der Waals surface area contributed by atoms with Gasteiger partial charge in [0.15, 0.2) is 6.10 Å². The first-order valence-corrected chi connectivity index (χ1v) is 9.09. The van der Waals surface area contributed by atoms with Crippen molar-refractivity contribution in [3.05, 3.63) is 59.7 Å². The second-order valence-electron chi connectivity index (χ2n) is 6.04. The average molecular weight is 348 g/mol. The van der Waals surface area contributed by atoms with Crippen LogP contribution in [-0.2, 0) is 16.0 Å². The van der Waals surface area contributed by atoms with Gasteiger partial charge in [0.25, 0.3) is 0 Å². The number of allylic oxidation sites excluding steroid dienone is 2. The Morgan fingerprint density at radius 2 is 1.92 bits per heavy atom. The lowest BCUT2D eigenvalue weighted by atomic mass is 9.94. The van der Waals surface area contributed by atoms with Gasteiger partial charge in [-0.05, 0) is 42.4 Å².